The molecule has 1 aliphatic carbocycles. The summed E-state index contributed by atoms with van der Waals surface area (Å²) in [4.78, 5) is 15.2. The Kier molecular flexibility index (Phi) is 3.26. The number of carbonyl (C=O) groups is 1. The number of amides is 1. The zero-order valence-corrected chi connectivity index (χ0v) is 12.4. The molecule has 1 saturated carbocycles. The molecule has 4 aliphatic rings. The molecule has 0 aromatic heterocycles. The van der Waals surface area contributed by atoms with Gasteiger partial charge in [-0.3, -0.25) is 9.69 Å². The quantitative estimate of drug-likeness (QED) is 0.795. The third-order valence-electron chi connectivity index (χ3n) is 6.29. The lowest BCUT2D eigenvalue weighted by atomic mass is 9.91. The van der Waals surface area contributed by atoms with E-state index in [1.165, 1.54) is 45.2 Å². The predicted molar refractivity (Wildman–Crippen MR) is 78.4 cm³/mol. The molecule has 3 unspecified atom stereocenters. The molecule has 3 saturated heterocycles. The molecule has 3 heterocycles. The summed E-state index contributed by atoms with van der Waals surface area (Å²) in [5.41, 5.74) is 0.375. The summed E-state index contributed by atoms with van der Waals surface area (Å²) in [5.74, 6) is 0.687. The molecule has 0 aromatic carbocycles. The number of rotatable bonds is 2. The van der Waals surface area contributed by atoms with Crippen LogP contribution >= 0.6 is 0 Å². The van der Waals surface area contributed by atoms with Gasteiger partial charge in [-0.2, -0.15) is 0 Å². The van der Waals surface area contributed by atoms with E-state index in [0.717, 1.165) is 25.9 Å². The van der Waals surface area contributed by atoms with Gasteiger partial charge in [0.1, 0.15) is 0 Å². The zero-order chi connectivity index (χ0) is 13.6. The Balaban J connectivity index is 1.34. The Labute approximate surface area is 121 Å². The summed E-state index contributed by atoms with van der Waals surface area (Å²) >= 11 is 0. The van der Waals surface area contributed by atoms with Crippen molar-refractivity contribution in [2.24, 2.45) is 11.3 Å². The number of fused-ring (bicyclic) bond motifs is 1. The molecule has 1 amide bonds. The van der Waals surface area contributed by atoms with Gasteiger partial charge in [-0.1, -0.05) is 6.42 Å². The molecule has 0 bridgehead atoms. The highest BCUT2D eigenvalue weighted by molar-refractivity contribution is 5.83. The van der Waals surface area contributed by atoms with Crippen molar-refractivity contribution in [3.8, 4) is 0 Å². The fourth-order valence-electron chi connectivity index (χ4n) is 4.89. The summed E-state index contributed by atoms with van der Waals surface area (Å²) in [7, 11) is 0. The van der Waals surface area contributed by atoms with Crippen LogP contribution in [-0.2, 0) is 4.79 Å². The van der Waals surface area contributed by atoms with E-state index in [4.69, 9.17) is 0 Å². The van der Waals surface area contributed by atoms with Gasteiger partial charge in [0.2, 0.25) is 5.91 Å². The number of piperidine rings is 2. The van der Waals surface area contributed by atoms with Crippen molar-refractivity contribution in [3.63, 3.8) is 0 Å². The molecule has 3 atom stereocenters. The first kappa shape index (κ1) is 13.1. The molecule has 0 radical (unpaired) electrons. The molecular weight excluding hydrogens is 250 g/mol. The van der Waals surface area contributed by atoms with Gasteiger partial charge in [0, 0.05) is 24.5 Å². The van der Waals surface area contributed by atoms with E-state index >= 15 is 0 Å². The first-order valence-corrected chi connectivity index (χ1v) is 8.54. The van der Waals surface area contributed by atoms with Crippen molar-refractivity contribution in [1.29, 1.82) is 0 Å². The third-order valence-corrected chi connectivity index (χ3v) is 6.29. The van der Waals surface area contributed by atoms with Crippen LogP contribution in [0.15, 0.2) is 0 Å². The van der Waals surface area contributed by atoms with E-state index in [-0.39, 0.29) is 0 Å². The monoisotopic (exact) mass is 277 g/mol. The van der Waals surface area contributed by atoms with Gasteiger partial charge in [0.15, 0.2) is 0 Å². The van der Waals surface area contributed by atoms with Crippen molar-refractivity contribution in [2.75, 3.05) is 26.2 Å². The van der Waals surface area contributed by atoms with Crippen LogP contribution in [-0.4, -0.2) is 49.1 Å². The normalized spacial score (nSPS) is 39.5. The van der Waals surface area contributed by atoms with Crippen molar-refractivity contribution in [2.45, 2.75) is 57.0 Å². The van der Waals surface area contributed by atoms with Crippen molar-refractivity contribution in [1.82, 2.24) is 15.5 Å². The Hall–Kier alpha value is -0.610. The summed E-state index contributed by atoms with van der Waals surface area (Å²) in [6, 6.07) is 1.07. The highest BCUT2D eigenvalue weighted by Gasteiger charge is 2.58. The molecule has 4 nitrogen and oxygen atoms in total. The van der Waals surface area contributed by atoms with Crippen LogP contribution in [0.4, 0.5) is 0 Å². The molecule has 4 heteroatoms. The van der Waals surface area contributed by atoms with Crippen molar-refractivity contribution >= 4 is 5.91 Å². The molecule has 20 heavy (non-hydrogen) atoms. The second kappa shape index (κ2) is 4.99. The lowest BCUT2D eigenvalue weighted by Gasteiger charge is -2.32. The first-order chi connectivity index (χ1) is 9.78. The highest BCUT2D eigenvalue weighted by atomic mass is 16.2. The number of carbonyl (C=O) groups excluding carboxylic acids is 1. The first-order valence-electron chi connectivity index (χ1n) is 8.54. The van der Waals surface area contributed by atoms with E-state index in [0.29, 0.717) is 29.3 Å². The van der Waals surface area contributed by atoms with Crippen LogP contribution in [0.3, 0.4) is 0 Å². The largest absolute Gasteiger partial charge is 0.351 e. The maximum Gasteiger partial charge on any atom is 0.223 e. The standard InChI is InChI=1S/C16H27N3O/c20-15(12-11-16(12)5-7-17-8-6-16)18-13-4-10-19-9-2-1-3-14(13)19/h12-14,17H,1-11H2,(H,18,20). The van der Waals surface area contributed by atoms with Gasteiger partial charge in [-0.15, -0.1) is 0 Å². The zero-order valence-electron chi connectivity index (χ0n) is 12.4. The summed E-state index contributed by atoms with van der Waals surface area (Å²) in [6.07, 6.45) is 8.67. The number of nitrogens with one attached hydrogen (secondary N) is 2. The minimum Gasteiger partial charge on any atom is -0.351 e. The van der Waals surface area contributed by atoms with E-state index < -0.39 is 0 Å². The van der Waals surface area contributed by atoms with Crippen LogP contribution in [0.25, 0.3) is 0 Å². The summed E-state index contributed by atoms with van der Waals surface area (Å²) in [6.45, 7) is 4.64. The van der Waals surface area contributed by atoms with Crippen LogP contribution < -0.4 is 10.6 Å². The second-order valence-electron chi connectivity index (χ2n) is 7.37. The summed E-state index contributed by atoms with van der Waals surface area (Å²) in [5, 5.41) is 6.82. The SMILES string of the molecule is O=C(NC1CCN2CCCCC12)C1CC12CCNCC2. The average Bonchev–Trinajstić information content (AvgIpc) is 3.02. The fourth-order valence-corrected chi connectivity index (χ4v) is 4.89. The number of hydrogen-bond donors (Lipinski definition) is 2. The molecule has 4 rings (SSSR count). The molecular formula is C16H27N3O. The molecule has 0 aromatic rings. The minimum atomic E-state index is 0.322. The molecule has 112 valence electrons. The van der Waals surface area contributed by atoms with Crippen LogP contribution in [0.5, 0.6) is 0 Å². The van der Waals surface area contributed by atoms with Crippen LogP contribution in [0.1, 0.15) is 44.9 Å². The smallest absolute Gasteiger partial charge is 0.223 e. The van der Waals surface area contributed by atoms with Gasteiger partial charge >= 0.3 is 0 Å². The third kappa shape index (κ3) is 2.17. The predicted octanol–water partition coefficient (Wildman–Crippen LogP) is 1.12. The van der Waals surface area contributed by atoms with Crippen LogP contribution in [0.2, 0.25) is 0 Å². The lowest BCUT2D eigenvalue weighted by Crippen LogP contribution is -2.47. The van der Waals surface area contributed by atoms with E-state index in [1.54, 1.807) is 0 Å². The fraction of sp³-hybridized carbons (Fsp3) is 0.938. The van der Waals surface area contributed by atoms with Gasteiger partial charge < -0.3 is 10.6 Å². The van der Waals surface area contributed by atoms with Crippen LogP contribution in [0, 0.1) is 11.3 Å². The van der Waals surface area contributed by atoms with Gasteiger partial charge in [0.05, 0.1) is 0 Å². The maximum atomic E-state index is 12.6. The topological polar surface area (TPSA) is 44.4 Å². The van der Waals surface area contributed by atoms with Crippen molar-refractivity contribution in [3.05, 3.63) is 0 Å². The highest BCUT2D eigenvalue weighted by Crippen LogP contribution is 2.58. The maximum absolute atomic E-state index is 12.6. The van der Waals surface area contributed by atoms with Gasteiger partial charge in [-0.05, 0) is 63.6 Å². The van der Waals surface area contributed by atoms with Crippen molar-refractivity contribution < 1.29 is 4.79 Å². The Morgan fingerprint density at radius 1 is 1.15 bits per heavy atom. The van der Waals surface area contributed by atoms with E-state index in [1.807, 2.05) is 0 Å². The Morgan fingerprint density at radius 2 is 2.00 bits per heavy atom. The molecule has 1 spiro atoms. The second-order valence-corrected chi connectivity index (χ2v) is 7.37. The van der Waals surface area contributed by atoms with E-state index in [2.05, 4.69) is 15.5 Å². The Bertz CT molecular complexity index is 391. The van der Waals surface area contributed by atoms with E-state index in [9.17, 15) is 4.79 Å². The molecule has 4 fully saturated rings. The van der Waals surface area contributed by atoms with Gasteiger partial charge in [0.25, 0.3) is 0 Å². The lowest BCUT2D eigenvalue weighted by molar-refractivity contribution is -0.124. The Morgan fingerprint density at radius 3 is 2.85 bits per heavy atom. The van der Waals surface area contributed by atoms with Gasteiger partial charge in [-0.25, -0.2) is 0 Å². The molecule has 3 aliphatic heterocycles. The molecule has 2 N–H and O–H groups in total. The number of nitrogens with zero attached hydrogens (tertiary/aromatic N) is 1. The minimum absolute atomic E-state index is 0.322. The average molecular weight is 277 g/mol. The number of hydrogen-bond acceptors (Lipinski definition) is 3. The summed E-state index contributed by atoms with van der Waals surface area (Å²) < 4.78 is 0.